The lowest BCUT2D eigenvalue weighted by Crippen LogP contribution is -2.30. The number of nitriles is 1. The van der Waals surface area contributed by atoms with E-state index in [0.717, 1.165) is 17.4 Å². The Hall–Kier alpha value is -2.62. The van der Waals surface area contributed by atoms with Crippen molar-refractivity contribution in [3.63, 3.8) is 0 Å². The summed E-state index contributed by atoms with van der Waals surface area (Å²) >= 11 is 6.10. The van der Waals surface area contributed by atoms with Gasteiger partial charge in [0.05, 0.1) is 23.2 Å². The van der Waals surface area contributed by atoms with Crippen LogP contribution >= 0.6 is 11.6 Å². The largest absolute Gasteiger partial charge is 0.494 e. The highest BCUT2D eigenvalue weighted by molar-refractivity contribution is 6.35. The fourth-order valence-corrected chi connectivity index (χ4v) is 3.39. The zero-order valence-corrected chi connectivity index (χ0v) is 14.9. The van der Waals surface area contributed by atoms with Gasteiger partial charge in [-0.25, -0.2) is 0 Å². The molecule has 0 radical (unpaired) electrons. The number of carbonyl (C=O) groups is 1. The number of aromatic nitrogens is 1. The first-order chi connectivity index (χ1) is 12.5. The molecule has 6 nitrogen and oxygen atoms in total. The van der Waals surface area contributed by atoms with E-state index in [2.05, 4.69) is 0 Å². The Morgan fingerprint density at radius 1 is 1.46 bits per heavy atom. The van der Waals surface area contributed by atoms with Crippen LogP contribution in [0.5, 0.6) is 5.88 Å². The van der Waals surface area contributed by atoms with Gasteiger partial charge in [0.25, 0.3) is 5.56 Å². The predicted octanol–water partition coefficient (Wildman–Crippen LogP) is 2.80. The third-order valence-corrected chi connectivity index (χ3v) is 4.89. The van der Waals surface area contributed by atoms with Crippen molar-refractivity contribution >= 4 is 17.4 Å². The summed E-state index contributed by atoms with van der Waals surface area (Å²) in [4.78, 5) is 25.6. The molecule has 3 rings (SSSR count). The maximum absolute atomic E-state index is 13.0. The van der Waals surface area contributed by atoms with E-state index in [9.17, 15) is 20.0 Å². The van der Waals surface area contributed by atoms with Crippen LogP contribution in [-0.2, 0) is 11.3 Å². The van der Waals surface area contributed by atoms with Crippen LogP contribution in [-0.4, -0.2) is 28.2 Å². The molecule has 134 valence electrons. The van der Waals surface area contributed by atoms with E-state index in [1.54, 1.807) is 18.2 Å². The predicted molar refractivity (Wildman–Crippen MR) is 95.7 cm³/mol. The number of nitrogens with zero attached hydrogens (tertiary/aromatic N) is 2. The van der Waals surface area contributed by atoms with Gasteiger partial charge in [0, 0.05) is 12.2 Å². The van der Waals surface area contributed by atoms with Crippen molar-refractivity contribution in [2.75, 3.05) is 6.61 Å². The SMILES string of the molecule is Cc1c(C(=O)c2ccccc2Cl)c(O)n(CC2CCCO2)c(=O)c1C#N. The minimum atomic E-state index is -0.631. The second-order valence-corrected chi connectivity index (χ2v) is 6.58. The maximum Gasteiger partial charge on any atom is 0.271 e. The number of halogens is 1. The summed E-state index contributed by atoms with van der Waals surface area (Å²) in [6.07, 6.45) is 1.37. The molecule has 2 heterocycles. The number of pyridine rings is 1. The van der Waals surface area contributed by atoms with Crippen LogP contribution in [0, 0.1) is 18.3 Å². The van der Waals surface area contributed by atoms with Gasteiger partial charge in [0.1, 0.15) is 11.6 Å². The van der Waals surface area contributed by atoms with Crippen molar-refractivity contribution in [1.29, 1.82) is 5.26 Å². The zero-order valence-electron chi connectivity index (χ0n) is 14.2. The van der Waals surface area contributed by atoms with Crippen LogP contribution in [0.25, 0.3) is 0 Å². The summed E-state index contributed by atoms with van der Waals surface area (Å²) in [5.74, 6) is -1.00. The number of rotatable bonds is 4. The van der Waals surface area contributed by atoms with Gasteiger partial charge in [-0.15, -0.1) is 0 Å². The fraction of sp³-hybridized carbons (Fsp3) is 0.316. The minimum Gasteiger partial charge on any atom is -0.494 e. The highest BCUT2D eigenvalue weighted by Gasteiger charge is 2.27. The smallest absolute Gasteiger partial charge is 0.271 e. The normalized spacial score (nSPS) is 16.4. The molecular weight excluding hydrogens is 356 g/mol. The van der Waals surface area contributed by atoms with Crippen LogP contribution in [0.1, 0.15) is 39.9 Å². The molecule has 1 aliphatic rings. The molecule has 0 saturated carbocycles. The molecular formula is C19H17ClN2O4. The highest BCUT2D eigenvalue weighted by atomic mass is 35.5. The Morgan fingerprint density at radius 2 is 2.19 bits per heavy atom. The Morgan fingerprint density at radius 3 is 2.81 bits per heavy atom. The van der Waals surface area contributed by atoms with Crippen LogP contribution < -0.4 is 5.56 Å². The van der Waals surface area contributed by atoms with E-state index < -0.39 is 17.2 Å². The molecule has 1 saturated heterocycles. The number of ether oxygens (including phenoxy) is 1. The second kappa shape index (κ2) is 7.32. The van der Waals surface area contributed by atoms with Gasteiger partial charge >= 0.3 is 0 Å². The lowest BCUT2D eigenvalue weighted by Gasteiger charge is -2.18. The number of benzene rings is 1. The van der Waals surface area contributed by atoms with Gasteiger partial charge in [-0.2, -0.15) is 5.26 Å². The molecule has 0 spiro atoms. The van der Waals surface area contributed by atoms with E-state index >= 15 is 0 Å². The number of aromatic hydroxyl groups is 1. The standard InChI is InChI=1S/C19H17ClN2O4/c1-11-14(9-21)18(24)22(10-12-5-4-8-26-12)19(25)16(11)17(23)13-6-2-3-7-15(13)20/h2-3,6-7,12,25H,4-5,8,10H2,1H3. The van der Waals surface area contributed by atoms with Crippen LogP contribution in [0.4, 0.5) is 0 Å². The first-order valence-electron chi connectivity index (χ1n) is 8.23. The second-order valence-electron chi connectivity index (χ2n) is 6.17. The summed E-state index contributed by atoms with van der Waals surface area (Å²) in [6.45, 7) is 2.14. The molecule has 1 aromatic heterocycles. The first kappa shape index (κ1) is 18.2. The third kappa shape index (κ3) is 3.12. The average molecular weight is 373 g/mol. The van der Waals surface area contributed by atoms with Crippen molar-refractivity contribution in [2.45, 2.75) is 32.4 Å². The third-order valence-electron chi connectivity index (χ3n) is 4.56. The highest BCUT2D eigenvalue weighted by Crippen LogP contribution is 2.28. The Balaban J connectivity index is 2.18. The minimum absolute atomic E-state index is 0.0857. The van der Waals surface area contributed by atoms with Crippen molar-refractivity contribution < 1.29 is 14.6 Å². The summed E-state index contributed by atoms with van der Waals surface area (Å²) < 4.78 is 6.56. The lowest BCUT2D eigenvalue weighted by atomic mass is 9.97. The van der Waals surface area contributed by atoms with Gasteiger partial charge < -0.3 is 9.84 Å². The first-order valence-corrected chi connectivity index (χ1v) is 8.60. The molecule has 0 amide bonds. The quantitative estimate of drug-likeness (QED) is 0.833. The monoisotopic (exact) mass is 372 g/mol. The zero-order chi connectivity index (χ0) is 18.8. The van der Waals surface area contributed by atoms with E-state index in [1.165, 1.54) is 13.0 Å². The topological polar surface area (TPSA) is 92.3 Å². The van der Waals surface area contributed by atoms with Crippen LogP contribution in [0.3, 0.4) is 0 Å². The summed E-state index contributed by atoms with van der Waals surface area (Å²) in [5, 5.41) is 20.3. The van der Waals surface area contributed by atoms with Gasteiger partial charge in [-0.1, -0.05) is 23.7 Å². The van der Waals surface area contributed by atoms with Gasteiger partial charge in [0.2, 0.25) is 5.88 Å². The molecule has 0 aliphatic carbocycles. The van der Waals surface area contributed by atoms with E-state index in [4.69, 9.17) is 16.3 Å². The average Bonchev–Trinajstić information content (AvgIpc) is 3.12. The maximum atomic E-state index is 13.0. The number of ketones is 1. The molecule has 26 heavy (non-hydrogen) atoms. The molecule has 1 atom stereocenters. The molecule has 1 N–H and O–H groups in total. The number of hydrogen-bond donors (Lipinski definition) is 1. The Kier molecular flexibility index (Phi) is 5.12. The van der Waals surface area contributed by atoms with Crippen molar-refractivity contribution in [2.24, 2.45) is 0 Å². The van der Waals surface area contributed by atoms with E-state index in [1.807, 2.05) is 6.07 Å². The molecule has 2 aromatic rings. The van der Waals surface area contributed by atoms with Crippen LogP contribution in [0.15, 0.2) is 29.1 Å². The Bertz CT molecular complexity index is 969. The van der Waals surface area contributed by atoms with Crippen molar-refractivity contribution in [3.8, 4) is 11.9 Å². The lowest BCUT2D eigenvalue weighted by molar-refractivity contribution is 0.0929. The summed E-state index contributed by atoms with van der Waals surface area (Å²) in [5.41, 5.74) is -0.556. The van der Waals surface area contributed by atoms with Crippen molar-refractivity contribution in [1.82, 2.24) is 4.57 Å². The van der Waals surface area contributed by atoms with E-state index in [0.29, 0.717) is 6.61 Å². The summed E-state index contributed by atoms with van der Waals surface area (Å²) in [6, 6.07) is 8.28. The molecule has 1 aliphatic heterocycles. The van der Waals surface area contributed by atoms with Crippen LogP contribution in [0.2, 0.25) is 5.02 Å². The fourth-order valence-electron chi connectivity index (χ4n) is 3.16. The van der Waals surface area contributed by atoms with Gasteiger partial charge in [-0.05, 0) is 37.5 Å². The molecule has 1 aromatic carbocycles. The van der Waals surface area contributed by atoms with Gasteiger partial charge in [-0.3, -0.25) is 14.2 Å². The Labute approximate surface area is 155 Å². The molecule has 1 unspecified atom stereocenters. The number of hydrogen-bond acceptors (Lipinski definition) is 5. The molecule has 0 bridgehead atoms. The summed E-state index contributed by atoms with van der Waals surface area (Å²) in [7, 11) is 0. The molecule has 7 heteroatoms. The van der Waals surface area contributed by atoms with Crippen molar-refractivity contribution in [3.05, 3.63) is 61.9 Å². The van der Waals surface area contributed by atoms with E-state index in [-0.39, 0.29) is 39.9 Å². The number of carbonyl (C=O) groups excluding carboxylic acids is 1. The molecule has 1 fully saturated rings. The van der Waals surface area contributed by atoms with Gasteiger partial charge in [0.15, 0.2) is 5.78 Å².